The fraction of sp³-hybridized carbons (Fsp3) is 0.350. The first kappa shape index (κ1) is 18.7. The van der Waals surface area contributed by atoms with E-state index in [2.05, 4.69) is 12.2 Å². The van der Waals surface area contributed by atoms with E-state index in [1.165, 1.54) is 12.1 Å². The number of anilines is 1. The number of nitrogens with zero attached hydrogens (tertiary/aromatic N) is 1. The van der Waals surface area contributed by atoms with Gasteiger partial charge in [-0.2, -0.15) is 0 Å². The summed E-state index contributed by atoms with van der Waals surface area (Å²) in [4.78, 5) is 37.6. The lowest BCUT2D eigenvalue weighted by atomic mass is 9.99. The number of furan rings is 1. The second-order valence-electron chi connectivity index (χ2n) is 6.95. The van der Waals surface area contributed by atoms with Crippen LogP contribution in [0.25, 0.3) is 0 Å². The highest BCUT2D eigenvalue weighted by Crippen LogP contribution is 2.22. The van der Waals surface area contributed by atoms with Crippen molar-refractivity contribution in [3.8, 4) is 0 Å². The second-order valence-corrected chi connectivity index (χ2v) is 6.95. The Labute approximate surface area is 157 Å². The maximum absolute atomic E-state index is 12.7. The maximum Gasteiger partial charge on any atom is 0.371 e. The van der Waals surface area contributed by atoms with Gasteiger partial charge >= 0.3 is 5.97 Å². The first-order valence-corrected chi connectivity index (χ1v) is 8.89. The third-order valence-corrected chi connectivity index (χ3v) is 4.71. The van der Waals surface area contributed by atoms with Gasteiger partial charge in [-0.05, 0) is 61.6 Å². The van der Waals surface area contributed by atoms with Crippen molar-refractivity contribution in [1.82, 2.24) is 4.90 Å². The lowest BCUT2D eigenvalue weighted by Gasteiger charge is -2.31. The Morgan fingerprint density at radius 2 is 1.93 bits per heavy atom. The summed E-state index contributed by atoms with van der Waals surface area (Å²) in [6, 6.07) is 7.65. The number of carboxylic acids is 1. The molecule has 1 saturated heterocycles. The normalized spacial score (nSPS) is 16.8. The van der Waals surface area contributed by atoms with Gasteiger partial charge in [0.1, 0.15) is 0 Å². The fourth-order valence-electron chi connectivity index (χ4n) is 3.25. The Kier molecular flexibility index (Phi) is 5.30. The summed E-state index contributed by atoms with van der Waals surface area (Å²) >= 11 is 0. The van der Waals surface area contributed by atoms with Crippen LogP contribution >= 0.6 is 0 Å². The van der Waals surface area contributed by atoms with Crippen molar-refractivity contribution in [2.45, 2.75) is 26.7 Å². The van der Waals surface area contributed by atoms with Gasteiger partial charge in [-0.15, -0.1) is 0 Å². The Morgan fingerprint density at radius 3 is 2.56 bits per heavy atom. The summed E-state index contributed by atoms with van der Waals surface area (Å²) in [5.74, 6) is -1.66. The van der Waals surface area contributed by atoms with E-state index in [1.807, 2.05) is 4.90 Å². The summed E-state index contributed by atoms with van der Waals surface area (Å²) in [6.45, 7) is 5.48. The molecule has 7 heteroatoms. The van der Waals surface area contributed by atoms with E-state index >= 15 is 0 Å². The van der Waals surface area contributed by atoms with Crippen molar-refractivity contribution in [3.05, 3.63) is 53.0 Å². The SMILES string of the molecule is Cc1cc(C(=O)N2CCCC(C)C2)ccc1NC(=O)c1ccc(C(=O)O)o1. The van der Waals surface area contributed by atoms with Gasteiger partial charge in [0.05, 0.1) is 0 Å². The molecule has 3 rings (SSSR count). The number of rotatable bonds is 4. The van der Waals surface area contributed by atoms with E-state index in [1.54, 1.807) is 25.1 Å². The monoisotopic (exact) mass is 370 g/mol. The van der Waals surface area contributed by atoms with Crippen molar-refractivity contribution in [1.29, 1.82) is 0 Å². The molecule has 1 atom stereocenters. The van der Waals surface area contributed by atoms with Gasteiger partial charge in [0.2, 0.25) is 5.76 Å². The fourth-order valence-corrected chi connectivity index (χ4v) is 3.25. The lowest BCUT2D eigenvalue weighted by molar-refractivity contribution is 0.0657. The zero-order chi connectivity index (χ0) is 19.6. The Hall–Kier alpha value is -3.09. The van der Waals surface area contributed by atoms with Crippen LogP contribution in [0.3, 0.4) is 0 Å². The topological polar surface area (TPSA) is 99.9 Å². The van der Waals surface area contributed by atoms with Crippen molar-refractivity contribution in [2.24, 2.45) is 5.92 Å². The zero-order valence-corrected chi connectivity index (χ0v) is 15.3. The van der Waals surface area contributed by atoms with Crippen LogP contribution in [0.4, 0.5) is 5.69 Å². The van der Waals surface area contributed by atoms with Crippen molar-refractivity contribution in [3.63, 3.8) is 0 Å². The van der Waals surface area contributed by atoms with Gasteiger partial charge < -0.3 is 19.7 Å². The molecule has 1 aliphatic heterocycles. The standard InChI is InChI=1S/C20H22N2O5/c1-12-4-3-9-22(11-12)19(24)14-5-6-15(13(2)10-14)21-18(23)16-7-8-17(27-16)20(25)26/h5-8,10,12H,3-4,9,11H2,1-2H3,(H,21,23)(H,25,26). The molecule has 2 heterocycles. The molecule has 1 aromatic heterocycles. The molecule has 0 aliphatic carbocycles. The molecule has 1 aliphatic rings. The molecule has 7 nitrogen and oxygen atoms in total. The number of carboxylic acid groups (broad SMARTS) is 1. The second kappa shape index (κ2) is 7.65. The average Bonchev–Trinajstić information content (AvgIpc) is 3.13. The van der Waals surface area contributed by atoms with Crippen molar-refractivity contribution < 1.29 is 23.9 Å². The molecule has 142 valence electrons. The number of aryl methyl sites for hydroxylation is 1. The van der Waals surface area contributed by atoms with Gasteiger partial charge in [-0.3, -0.25) is 9.59 Å². The Morgan fingerprint density at radius 1 is 1.19 bits per heavy atom. The molecule has 1 aromatic carbocycles. The molecule has 0 spiro atoms. The van der Waals surface area contributed by atoms with E-state index in [0.29, 0.717) is 17.2 Å². The smallest absolute Gasteiger partial charge is 0.371 e. The van der Waals surface area contributed by atoms with E-state index in [4.69, 9.17) is 9.52 Å². The molecule has 1 fully saturated rings. The minimum absolute atomic E-state index is 0.000314. The van der Waals surface area contributed by atoms with E-state index in [9.17, 15) is 14.4 Å². The number of carbonyl (C=O) groups is 3. The number of aromatic carboxylic acids is 1. The van der Waals surface area contributed by atoms with Crippen LogP contribution in [0.15, 0.2) is 34.7 Å². The lowest BCUT2D eigenvalue weighted by Crippen LogP contribution is -2.39. The number of hydrogen-bond acceptors (Lipinski definition) is 4. The molecule has 1 unspecified atom stereocenters. The number of benzene rings is 1. The number of amides is 2. The largest absolute Gasteiger partial charge is 0.475 e. The number of piperidine rings is 1. The van der Waals surface area contributed by atoms with Gasteiger partial charge in [-0.25, -0.2) is 4.79 Å². The highest BCUT2D eigenvalue weighted by molar-refractivity contribution is 6.04. The molecule has 2 N–H and O–H groups in total. The highest BCUT2D eigenvalue weighted by Gasteiger charge is 2.22. The summed E-state index contributed by atoms with van der Waals surface area (Å²) in [5.41, 5.74) is 1.87. The first-order chi connectivity index (χ1) is 12.8. The van der Waals surface area contributed by atoms with E-state index in [0.717, 1.165) is 31.5 Å². The quantitative estimate of drug-likeness (QED) is 0.859. The number of likely N-dealkylation sites (tertiary alicyclic amines) is 1. The summed E-state index contributed by atoms with van der Waals surface area (Å²) in [5, 5.41) is 11.5. The van der Waals surface area contributed by atoms with Crippen molar-refractivity contribution in [2.75, 3.05) is 18.4 Å². The van der Waals surface area contributed by atoms with Crippen LogP contribution in [-0.4, -0.2) is 40.9 Å². The number of hydrogen-bond donors (Lipinski definition) is 2. The molecule has 2 aromatic rings. The molecular formula is C20H22N2O5. The van der Waals surface area contributed by atoms with Gasteiger partial charge in [0, 0.05) is 24.3 Å². The Bertz CT molecular complexity index is 886. The molecule has 0 radical (unpaired) electrons. The third kappa shape index (κ3) is 4.19. The molecule has 2 amide bonds. The Balaban J connectivity index is 1.71. The van der Waals surface area contributed by atoms with Gasteiger partial charge in [-0.1, -0.05) is 6.92 Å². The average molecular weight is 370 g/mol. The highest BCUT2D eigenvalue weighted by atomic mass is 16.4. The first-order valence-electron chi connectivity index (χ1n) is 8.89. The van der Waals surface area contributed by atoms with Crippen LogP contribution in [0, 0.1) is 12.8 Å². The maximum atomic E-state index is 12.7. The number of nitrogens with one attached hydrogen (secondary N) is 1. The van der Waals surface area contributed by atoms with Gasteiger partial charge in [0.25, 0.3) is 11.8 Å². The van der Waals surface area contributed by atoms with Crippen LogP contribution in [-0.2, 0) is 0 Å². The summed E-state index contributed by atoms with van der Waals surface area (Å²) in [7, 11) is 0. The zero-order valence-electron chi connectivity index (χ0n) is 15.3. The van der Waals surface area contributed by atoms with Crippen LogP contribution < -0.4 is 5.32 Å². The van der Waals surface area contributed by atoms with E-state index < -0.39 is 11.9 Å². The molecule has 27 heavy (non-hydrogen) atoms. The summed E-state index contributed by atoms with van der Waals surface area (Å²) in [6.07, 6.45) is 2.16. The third-order valence-electron chi connectivity index (χ3n) is 4.71. The molecule has 0 saturated carbocycles. The molecule has 0 bridgehead atoms. The predicted molar refractivity (Wildman–Crippen MR) is 99.1 cm³/mol. The van der Waals surface area contributed by atoms with Crippen molar-refractivity contribution >= 4 is 23.5 Å². The minimum atomic E-state index is -1.24. The summed E-state index contributed by atoms with van der Waals surface area (Å²) < 4.78 is 5.00. The molecular weight excluding hydrogens is 348 g/mol. The number of carbonyl (C=O) groups excluding carboxylic acids is 2. The van der Waals surface area contributed by atoms with Crippen LogP contribution in [0.1, 0.15) is 56.8 Å². The predicted octanol–water partition coefficient (Wildman–Crippen LogP) is 3.41. The van der Waals surface area contributed by atoms with Gasteiger partial charge in [0.15, 0.2) is 5.76 Å². The minimum Gasteiger partial charge on any atom is -0.475 e. The van der Waals surface area contributed by atoms with E-state index in [-0.39, 0.29) is 17.4 Å². The van der Waals surface area contributed by atoms with Crippen LogP contribution in [0.2, 0.25) is 0 Å². The van der Waals surface area contributed by atoms with Crippen LogP contribution in [0.5, 0.6) is 0 Å².